The molecule has 114 valence electrons. The molecule has 0 unspecified atom stereocenters. The molecule has 0 aliphatic rings. The number of rotatable bonds is 7. The molecule has 0 bridgehead atoms. The number of carbonyl (C=O) groups excluding carboxylic acids is 1. The van der Waals surface area contributed by atoms with Crippen molar-refractivity contribution < 1.29 is 9.53 Å². The van der Waals surface area contributed by atoms with E-state index in [0.717, 1.165) is 11.3 Å². The Kier molecular flexibility index (Phi) is 6.80. The predicted molar refractivity (Wildman–Crippen MR) is 84.6 cm³/mol. The van der Waals surface area contributed by atoms with Gasteiger partial charge in [-0.05, 0) is 31.2 Å². The second-order valence-electron chi connectivity index (χ2n) is 4.57. The van der Waals surface area contributed by atoms with Crippen molar-refractivity contribution >= 4 is 11.9 Å². The number of nitrogens with one attached hydrogen (secondary N) is 2. The fraction of sp³-hybridized carbons (Fsp3) is 0.333. The summed E-state index contributed by atoms with van der Waals surface area (Å²) in [5.41, 5.74) is 7.17. The smallest absolute Gasteiger partial charge is 0.251 e. The fourth-order valence-corrected chi connectivity index (χ4v) is 1.49. The standard InChI is InChI=1S/C15H22N4O2/c1-11(2)10-19-15(16)18-9-8-17-14(20)12-4-6-13(21-3)7-5-12/h4-7H,1,8-10H2,2-3H3,(H,17,20)(H3,16,18,19). The van der Waals surface area contributed by atoms with E-state index in [1.54, 1.807) is 31.4 Å². The largest absolute Gasteiger partial charge is 0.497 e. The highest BCUT2D eigenvalue weighted by molar-refractivity contribution is 5.94. The highest BCUT2D eigenvalue weighted by Crippen LogP contribution is 2.10. The number of amides is 1. The maximum atomic E-state index is 11.9. The molecule has 0 heterocycles. The summed E-state index contributed by atoms with van der Waals surface area (Å²) >= 11 is 0. The quantitative estimate of drug-likeness (QED) is 0.301. The Morgan fingerprint density at radius 2 is 1.90 bits per heavy atom. The topological polar surface area (TPSA) is 88.7 Å². The van der Waals surface area contributed by atoms with Crippen molar-refractivity contribution in [1.82, 2.24) is 10.6 Å². The van der Waals surface area contributed by atoms with Crippen LogP contribution in [-0.2, 0) is 0 Å². The number of aliphatic imine (C=N–C) groups is 1. The molecule has 1 aromatic carbocycles. The molecule has 4 N–H and O–H groups in total. The van der Waals surface area contributed by atoms with Gasteiger partial charge in [-0.2, -0.15) is 0 Å². The van der Waals surface area contributed by atoms with Crippen LogP contribution >= 0.6 is 0 Å². The average Bonchev–Trinajstić information content (AvgIpc) is 2.49. The Morgan fingerprint density at radius 3 is 2.48 bits per heavy atom. The minimum Gasteiger partial charge on any atom is -0.497 e. The van der Waals surface area contributed by atoms with Gasteiger partial charge in [0, 0.05) is 18.7 Å². The number of methoxy groups -OCH3 is 1. The van der Waals surface area contributed by atoms with Gasteiger partial charge in [-0.3, -0.25) is 4.79 Å². The van der Waals surface area contributed by atoms with Crippen molar-refractivity contribution in [3.63, 3.8) is 0 Å². The van der Waals surface area contributed by atoms with Crippen LogP contribution in [0, 0.1) is 0 Å². The molecule has 0 radical (unpaired) electrons. The number of carbonyl (C=O) groups is 1. The summed E-state index contributed by atoms with van der Waals surface area (Å²) in [5.74, 6) is 0.920. The number of nitrogens with zero attached hydrogens (tertiary/aromatic N) is 1. The Balaban J connectivity index is 2.30. The van der Waals surface area contributed by atoms with E-state index >= 15 is 0 Å². The fourth-order valence-electron chi connectivity index (χ4n) is 1.49. The van der Waals surface area contributed by atoms with Gasteiger partial charge in [0.2, 0.25) is 0 Å². The predicted octanol–water partition coefficient (Wildman–Crippen LogP) is 0.905. The zero-order valence-electron chi connectivity index (χ0n) is 12.5. The molecule has 0 aromatic heterocycles. The summed E-state index contributed by atoms with van der Waals surface area (Å²) < 4.78 is 5.04. The van der Waals surface area contributed by atoms with Crippen LogP contribution < -0.4 is 21.1 Å². The molecule has 0 fully saturated rings. The first-order valence-corrected chi connectivity index (χ1v) is 6.63. The van der Waals surface area contributed by atoms with Gasteiger partial charge in [0.15, 0.2) is 5.96 Å². The van der Waals surface area contributed by atoms with Gasteiger partial charge in [-0.1, -0.05) is 12.2 Å². The van der Waals surface area contributed by atoms with Crippen LogP contribution in [-0.4, -0.2) is 38.6 Å². The highest BCUT2D eigenvalue weighted by Gasteiger charge is 2.04. The Morgan fingerprint density at radius 1 is 1.29 bits per heavy atom. The second kappa shape index (κ2) is 8.63. The molecular formula is C15H22N4O2. The van der Waals surface area contributed by atoms with Crippen molar-refractivity contribution in [2.24, 2.45) is 10.7 Å². The first-order chi connectivity index (χ1) is 10.0. The van der Waals surface area contributed by atoms with Crippen LogP contribution in [0.5, 0.6) is 5.75 Å². The molecule has 21 heavy (non-hydrogen) atoms. The van der Waals surface area contributed by atoms with E-state index in [0.29, 0.717) is 31.2 Å². The maximum absolute atomic E-state index is 11.9. The van der Waals surface area contributed by atoms with E-state index < -0.39 is 0 Å². The lowest BCUT2D eigenvalue weighted by atomic mass is 10.2. The third kappa shape index (κ3) is 6.47. The number of benzene rings is 1. The van der Waals surface area contributed by atoms with Crippen LogP contribution in [0.4, 0.5) is 0 Å². The number of hydrogen-bond acceptors (Lipinski definition) is 3. The summed E-state index contributed by atoms with van der Waals surface area (Å²) in [6.45, 7) is 7.07. The van der Waals surface area contributed by atoms with Gasteiger partial charge < -0.3 is 21.1 Å². The zero-order valence-corrected chi connectivity index (χ0v) is 12.5. The summed E-state index contributed by atoms with van der Waals surface area (Å²) in [6, 6.07) is 6.92. The SMILES string of the molecule is C=C(C)CN=C(N)NCCNC(=O)c1ccc(OC)cc1. The summed E-state index contributed by atoms with van der Waals surface area (Å²) in [4.78, 5) is 15.9. The van der Waals surface area contributed by atoms with Crippen LogP contribution in [0.3, 0.4) is 0 Å². The lowest BCUT2D eigenvalue weighted by molar-refractivity contribution is 0.0954. The Bertz CT molecular complexity index is 509. The van der Waals surface area contributed by atoms with Crippen molar-refractivity contribution in [3.8, 4) is 5.75 Å². The summed E-state index contributed by atoms with van der Waals surface area (Å²) in [5, 5.41) is 5.70. The first kappa shape index (κ1) is 16.6. The zero-order chi connectivity index (χ0) is 15.7. The molecular weight excluding hydrogens is 268 g/mol. The van der Waals surface area contributed by atoms with Crippen LogP contribution in [0.25, 0.3) is 0 Å². The van der Waals surface area contributed by atoms with E-state index in [9.17, 15) is 4.79 Å². The van der Waals surface area contributed by atoms with Crippen molar-refractivity contribution in [2.75, 3.05) is 26.7 Å². The molecule has 1 amide bonds. The van der Waals surface area contributed by atoms with Crippen molar-refractivity contribution in [2.45, 2.75) is 6.92 Å². The molecule has 1 aromatic rings. The monoisotopic (exact) mass is 290 g/mol. The van der Waals surface area contributed by atoms with Crippen molar-refractivity contribution in [1.29, 1.82) is 0 Å². The van der Waals surface area contributed by atoms with E-state index in [-0.39, 0.29) is 5.91 Å². The minimum absolute atomic E-state index is 0.142. The summed E-state index contributed by atoms with van der Waals surface area (Å²) in [7, 11) is 1.58. The van der Waals surface area contributed by atoms with Crippen LogP contribution in [0.15, 0.2) is 41.4 Å². The van der Waals surface area contributed by atoms with Gasteiger partial charge in [-0.15, -0.1) is 0 Å². The van der Waals surface area contributed by atoms with Gasteiger partial charge in [0.25, 0.3) is 5.91 Å². The summed E-state index contributed by atoms with van der Waals surface area (Å²) in [6.07, 6.45) is 0. The van der Waals surface area contributed by atoms with Gasteiger partial charge >= 0.3 is 0 Å². The van der Waals surface area contributed by atoms with Crippen molar-refractivity contribution in [3.05, 3.63) is 42.0 Å². The normalized spacial score (nSPS) is 10.9. The molecule has 0 aliphatic heterocycles. The highest BCUT2D eigenvalue weighted by atomic mass is 16.5. The van der Waals surface area contributed by atoms with Gasteiger partial charge in [-0.25, -0.2) is 4.99 Å². The Labute approximate surface area is 125 Å². The third-order valence-electron chi connectivity index (χ3n) is 2.59. The van der Waals surface area contributed by atoms with Gasteiger partial charge in [0.1, 0.15) is 5.75 Å². The number of ether oxygens (including phenoxy) is 1. The van der Waals surface area contributed by atoms with Gasteiger partial charge in [0.05, 0.1) is 13.7 Å². The van der Waals surface area contributed by atoms with E-state index in [1.807, 2.05) is 6.92 Å². The molecule has 1 rings (SSSR count). The maximum Gasteiger partial charge on any atom is 0.251 e. The molecule has 0 saturated heterocycles. The second-order valence-corrected chi connectivity index (χ2v) is 4.57. The van der Waals surface area contributed by atoms with Crippen LogP contribution in [0.2, 0.25) is 0 Å². The molecule has 0 aliphatic carbocycles. The minimum atomic E-state index is -0.142. The van der Waals surface area contributed by atoms with E-state index in [2.05, 4.69) is 22.2 Å². The third-order valence-corrected chi connectivity index (χ3v) is 2.59. The molecule has 0 saturated carbocycles. The van der Waals surface area contributed by atoms with Crippen LogP contribution in [0.1, 0.15) is 17.3 Å². The number of hydrogen-bond donors (Lipinski definition) is 3. The lowest BCUT2D eigenvalue weighted by Gasteiger charge is -2.08. The number of guanidine groups is 1. The lowest BCUT2D eigenvalue weighted by Crippen LogP contribution is -2.38. The average molecular weight is 290 g/mol. The first-order valence-electron chi connectivity index (χ1n) is 6.63. The molecule has 6 heteroatoms. The van der Waals surface area contributed by atoms with E-state index in [1.165, 1.54) is 0 Å². The van der Waals surface area contributed by atoms with E-state index in [4.69, 9.17) is 10.5 Å². The molecule has 0 spiro atoms. The Hall–Kier alpha value is -2.50. The molecule has 0 atom stereocenters. The number of nitrogens with two attached hydrogens (primary N) is 1. The molecule has 6 nitrogen and oxygen atoms in total.